The van der Waals surface area contributed by atoms with Crippen molar-refractivity contribution in [1.82, 2.24) is 0 Å². The summed E-state index contributed by atoms with van der Waals surface area (Å²) in [6.07, 6.45) is 0. The molecule has 0 fully saturated rings. The fourth-order valence-corrected chi connectivity index (χ4v) is 3.91. The second kappa shape index (κ2) is 10.0. The molecule has 2 amide bonds. The van der Waals surface area contributed by atoms with E-state index >= 15 is 0 Å². The number of anilines is 2. The van der Waals surface area contributed by atoms with Crippen LogP contribution in [0.2, 0.25) is 10.0 Å². The molecule has 0 aliphatic carbocycles. The van der Waals surface area contributed by atoms with E-state index < -0.39 is 0 Å². The highest BCUT2D eigenvalue weighted by atomic mass is 35.5. The van der Waals surface area contributed by atoms with Crippen molar-refractivity contribution >= 4 is 58.2 Å². The van der Waals surface area contributed by atoms with Gasteiger partial charge >= 0.3 is 0 Å². The van der Waals surface area contributed by atoms with Gasteiger partial charge in [-0.05, 0) is 62.4 Å². The quantitative estimate of drug-likeness (QED) is 0.405. The lowest BCUT2D eigenvalue weighted by Crippen LogP contribution is -2.22. The molecule has 2 N–H and O–H groups in total. The van der Waals surface area contributed by atoms with E-state index in [0.717, 1.165) is 10.5 Å². The lowest BCUT2D eigenvalue weighted by Gasteiger charge is -2.14. The smallest absolute Gasteiger partial charge is 0.255 e. The van der Waals surface area contributed by atoms with Gasteiger partial charge in [-0.3, -0.25) is 9.59 Å². The van der Waals surface area contributed by atoms with E-state index in [1.54, 1.807) is 24.3 Å². The van der Waals surface area contributed by atoms with E-state index in [1.807, 2.05) is 56.3 Å². The summed E-state index contributed by atoms with van der Waals surface area (Å²) in [6, 6.07) is 19.9. The van der Waals surface area contributed by atoms with Gasteiger partial charge < -0.3 is 10.6 Å². The maximum atomic E-state index is 12.5. The van der Waals surface area contributed by atoms with Crippen molar-refractivity contribution in [3.05, 3.63) is 87.9 Å². The predicted molar refractivity (Wildman–Crippen MR) is 126 cm³/mol. The van der Waals surface area contributed by atoms with E-state index in [4.69, 9.17) is 23.2 Å². The summed E-state index contributed by atoms with van der Waals surface area (Å²) in [5.41, 5.74) is 2.81. The van der Waals surface area contributed by atoms with Gasteiger partial charge in [0.15, 0.2) is 0 Å². The average molecular weight is 459 g/mol. The normalized spacial score (nSPS) is 11.6. The van der Waals surface area contributed by atoms with Crippen molar-refractivity contribution in [1.29, 1.82) is 0 Å². The van der Waals surface area contributed by atoms with Gasteiger partial charge in [-0.1, -0.05) is 47.0 Å². The Hall–Kier alpha value is -2.47. The van der Waals surface area contributed by atoms with Gasteiger partial charge in [-0.15, -0.1) is 11.8 Å². The molecule has 4 nitrogen and oxygen atoms in total. The summed E-state index contributed by atoms with van der Waals surface area (Å²) >= 11 is 13.5. The molecule has 0 saturated heterocycles. The standard InChI is InChI=1S/C23H20Cl2N2O2S/c1-14-5-3-6-16(13-14)23(29)26-17-9-11-18(12-10-17)30-15(2)22(28)27-20-8-4-7-19(24)21(20)25/h3-13,15H,1-2H3,(H,26,29)(H,27,28). The Morgan fingerprint density at radius 3 is 2.33 bits per heavy atom. The lowest BCUT2D eigenvalue weighted by atomic mass is 10.1. The first-order valence-electron chi connectivity index (χ1n) is 9.23. The third kappa shape index (κ3) is 5.79. The van der Waals surface area contributed by atoms with Crippen LogP contribution in [0.3, 0.4) is 0 Å². The highest BCUT2D eigenvalue weighted by Gasteiger charge is 2.16. The van der Waals surface area contributed by atoms with Crippen LogP contribution in [0.15, 0.2) is 71.6 Å². The molecule has 0 aromatic heterocycles. The fourth-order valence-electron chi connectivity index (χ4n) is 2.70. The third-order valence-corrected chi connectivity index (χ3v) is 6.21. The summed E-state index contributed by atoms with van der Waals surface area (Å²) in [6.45, 7) is 3.76. The Balaban J connectivity index is 1.58. The molecule has 3 rings (SSSR count). The van der Waals surface area contributed by atoms with Gasteiger partial charge in [0.1, 0.15) is 0 Å². The monoisotopic (exact) mass is 458 g/mol. The molecule has 0 bridgehead atoms. The third-order valence-electron chi connectivity index (χ3n) is 4.28. The Morgan fingerprint density at radius 1 is 0.933 bits per heavy atom. The fraction of sp³-hybridized carbons (Fsp3) is 0.130. The van der Waals surface area contributed by atoms with Crippen LogP contribution in [0, 0.1) is 6.92 Å². The van der Waals surface area contributed by atoms with Crippen molar-refractivity contribution in [2.24, 2.45) is 0 Å². The molecule has 0 aliphatic heterocycles. The van der Waals surface area contributed by atoms with Crippen molar-refractivity contribution in [2.45, 2.75) is 24.0 Å². The zero-order valence-electron chi connectivity index (χ0n) is 16.4. The molecule has 3 aromatic carbocycles. The molecule has 154 valence electrons. The SMILES string of the molecule is Cc1cccc(C(=O)Nc2ccc(SC(C)C(=O)Nc3cccc(Cl)c3Cl)cc2)c1. The minimum absolute atomic E-state index is 0.162. The molecule has 1 unspecified atom stereocenters. The Kier molecular flexibility index (Phi) is 7.43. The molecule has 7 heteroatoms. The largest absolute Gasteiger partial charge is 0.324 e. The molecule has 0 saturated carbocycles. The second-order valence-corrected chi connectivity index (χ2v) is 8.90. The summed E-state index contributed by atoms with van der Waals surface area (Å²) in [7, 11) is 0. The maximum absolute atomic E-state index is 12.5. The molecule has 1 atom stereocenters. The number of nitrogens with one attached hydrogen (secondary N) is 2. The van der Waals surface area contributed by atoms with E-state index in [0.29, 0.717) is 27.0 Å². The predicted octanol–water partition coefficient (Wildman–Crippen LogP) is 6.67. The first-order valence-corrected chi connectivity index (χ1v) is 10.9. The Labute approximate surface area is 190 Å². The van der Waals surface area contributed by atoms with Gasteiger partial charge in [-0.25, -0.2) is 0 Å². The van der Waals surface area contributed by atoms with E-state index in [9.17, 15) is 9.59 Å². The number of aryl methyl sites for hydroxylation is 1. The van der Waals surface area contributed by atoms with Crippen LogP contribution in [0.4, 0.5) is 11.4 Å². The molecule has 3 aromatic rings. The molecule has 0 aliphatic rings. The van der Waals surface area contributed by atoms with Crippen molar-refractivity contribution in [3.8, 4) is 0 Å². The van der Waals surface area contributed by atoms with Gasteiger partial charge in [0.05, 0.1) is 21.0 Å². The van der Waals surface area contributed by atoms with Crippen LogP contribution < -0.4 is 10.6 Å². The average Bonchev–Trinajstić information content (AvgIpc) is 2.72. The van der Waals surface area contributed by atoms with Gasteiger partial charge in [0, 0.05) is 16.1 Å². The lowest BCUT2D eigenvalue weighted by molar-refractivity contribution is -0.115. The minimum Gasteiger partial charge on any atom is -0.324 e. The van der Waals surface area contributed by atoms with Crippen LogP contribution in [0.25, 0.3) is 0 Å². The van der Waals surface area contributed by atoms with Crippen LogP contribution >= 0.6 is 35.0 Å². The van der Waals surface area contributed by atoms with Crippen LogP contribution in [-0.2, 0) is 4.79 Å². The Bertz CT molecular complexity index is 1070. The van der Waals surface area contributed by atoms with Gasteiger partial charge in [0.25, 0.3) is 5.91 Å². The zero-order chi connectivity index (χ0) is 21.7. The number of thioether (sulfide) groups is 1. The summed E-state index contributed by atoms with van der Waals surface area (Å²) in [5.74, 6) is -0.341. The minimum atomic E-state index is -0.354. The molecule has 30 heavy (non-hydrogen) atoms. The molecule has 0 heterocycles. The topological polar surface area (TPSA) is 58.2 Å². The number of hydrogen-bond donors (Lipinski definition) is 2. The van der Waals surface area contributed by atoms with Gasteiger partial charge in [-0.2, -0.15) is 0 Å². The maximum Gasteiger partial charge on any atom is 0.255 e. The summed E-state index contributed by atoms with van der Waals surface area (Å²) in [4.78, 5) is 25.7. The molecular weight excluding hydrogens is 439 g/mol. The van der Waals surface area contributed by atoms with Crippen molar-refractivity contribution in [2.75, 3.05) is 10.6 Å². The number of rotatable bonds is 6. The zero-order valence-corrected chi connectivity index (χ0v) is 18.7. The summed E-state index contributed by atoms with van der Waals surface area (Å²) < 4.78 is 0. The number of amides is 2. The van der Waals surface area contributed by atoms with Crippen LogP contribution in [-0.4, -0.2) is 17.1 Å². The first-order chi connectivity index (χ1) is 14.3. The number of carbonyl (C=O) groups excluding carboxylic acids is 2. The molecule has 0 radical (unpaired) electrons. The molecule has 0 spiro atoms. The van der Waals surface area contributed by atoms with E-state index in [2.05, 4.69) is 10.6 Å². The highest BCUT2D eigenvalue weighted by Crippen LogP contribution is 2.31. The van der Waals surface area contributed by atoms with Gasteiger partial charge in [0.2, 0.25) is 5.91 Å². The second-order valence-electron chi connectivity index (χ2n) is 6.70. The highest BCUT2D eigenvalue weighted by molar-refractivity contribution is 8.00. The summed E-state index contributed by atoms with van der Waals surface area (Å²) in [5, 5.41) is 6.03. The van der Waals surface area contributed by atoms with E-state index in [-0.39, 0.29) is 17.1 Å². The number of halogens is 2. The number of carbonyl (C=O) groups is 2. The van der Waals surface area contributed by atoms with Crippen LogP contribution in [0.5, 0.6) is 0 Å². The first kappa shape index (κ1) is 22.2. The van der Waals surface area contributed by atoms with Crippen LogP contribution in [0.1, 0.15) is 22.8 Å². The van der Waals surface area contributed by atoms with E-state index in [1.165, 1.54) is 11.8 Å². The van der Waals surface area contributed by atoms with Crippen molar-refractivity contribution in [3.63, 3.8) is 0 Å². The number of hydrogen-bond acceptors (Lipinski definition) is 3. The number of benzene rings is 3. The molecular formula is C23H20Cl2N2O2S. The van der Waals surface area contributed by atoms with Crippen molar-refractivity contribution < 1.29 is 9.59 Å². The Morgan fingerprint density at radius 2 is 1.63 bits per heavy atom.